The Bertz CT molecular complexity index is 723. The zero-order valence-corrected chi connectivity index (χ0v) is 11.4. The summed E-state index contributed by atoms with van der Waals surface area (Å²) in [7, 11) is 0. The maximum absolute atomic E-state index is 12.0. The van der Waals surface area contributed by atoms with Crippen LogP contribution in [0, 0.1) is 10.1 Å². The molecule has 5 nitrogen and oxygen atoms in total. The summed E-state index contributed by atoms with van der Waals surface area (Å²) in [6.45, 7) is 0. The van der Waals surface area contributed by atoms with E-state index >= 15 is 0 Å². The predicted molar refractivity (Wildman–Crippen MR) is 79.6 cm³/mol. The number of hydrogen-bond acceptors (Lipinski definition) is 4. The fourth-order valence-electron chi connectivity index (χ4n) is 1.67. The molecule has 0 spiro atoms. The number of non-ortho nitro benzene ring substituents is 1. The third kappa shape index (κ3) is 3.67. The highest BCUT2D eigenvalue weighted by molar-refractivity contribution is 6.30. The first-order chi connectivity index (χ1) is 9.97. The second kappa shape index (κ2) is 6.19. The molecule has 0 radical (unpaired) electrons. The molecule has 0 aliphatic heterocycles. The van der Waals surface area contributed by atoms with Crippen LogP contribution >= 0.6 is 11.6 Å². The molecule has 0 saturated carbocycles. The van der Waals surface area contributed by atoms with Crippen LogP contribution < -0.4 is 0 Å². The van der Waals surface area contributed by atoms with Gasteiger partial charge in [0.1, 0.15) is 5.75 Å². The standard InChI is InChI=1S/C15H10ClNO4/c16-11-4-1-10(2-5-11)3-7-14(18)13-9-12(17(20)21)6-8-15(13)19/h1-9,19H/b7-3+. The quantitative estimate of drug-likeness (QED) is 0.402. The Kier molecular flexibility index (Phi) is 4.35. The molecule has 106 valence electrons. The van der Waals surface area contributed by atoms with Crippen LogP contribution in [0.5, 0.6) is 5.75 Å². The van der Waals surface area contributed by atoms with Crippen LogP contribution in [0.4, 0.5) is 5.69 Å². The van der Waals surface area contributed by atoms with Crippen molar-refractivity contribution in [2.45, 2.75) is 0 Å². The molecule has 0 aromatic heterocycles. The first-order valence-corrected chi connectivity index (χ1v) is 6.30. The minimum atomic E-state index is -0.626. The maximum atomic E-state index is 12.0. The van der Waals surface area contributed by atoms with E-state index in [1.807, 2.05) is 0 Å². The summed E-state index contributed by atoms with van der Waals surface area (Å²) in [6.07, 6.45) is 2.78. The number of phenolic OH excluding ortho intramolecular Hbond substituents is 1. The van der Waals surface area contributed by atoms with E-state index < -0.39 is 10.7 Å². The molecule has 6 heteroatoms. The van der Waals surface area contributed by atoms with Crippen molar-refractivity contribution >= 4 is 29.1 Å². The Hall–Kier alpha value is -2.66. The largest absolute Gasteiger partial charge is 0.507 e. The summed E-state index contributed by atoms with van der Waals surface area (Å²) in [6, 6.07) is 10.1. The molecule has 0 fully saturated rings. The average molecular weight is 304 g/mol. The van der Waals surface area contributed by atoms with E-state index in [4.69, 9.17) is 11.6 Å². The molecule has 0 aliphatic rings. The van der Waals surface area contributed by atoms with Gasteiger partial charge >= 0.3 is 0 Å². The molecule has 0 aliphatic carbocycles. The number of halogens is 1. The number of nitro benzene ring substituents is 1. The number of nitro groups is 1. The molecular formula is C15H10ClNO4. The Morgan fingerprint density at radius 2 is 1.86 bits per heavy atom. The molecule has 21 heavy (non-hydrogen) atoms. The minimum absolute atomic E-state index is 0.116. The van der Waals surface area contributed by atoms with Crippen molar-refractivity contribution < 1.29 is 14.8 Å². The molecule has 2 aromatic carbocycles. The number of rotatable bonds is 4. The van der Waals surface area contributed by atoms with Crippen molar-refractivity contribution in [2.75, 3.05) is 0 Å². The molecule has 2 aromatic rings. The van der Waals surface area contributed by atoms with Gasteiger partial charge in [0.15, 0.2) is 5.78 Å². The summed E-state index contributed by atoms with van der Waals surface area (Å²) in [5.41, 5.74) is 0.378. The van der Waals surface area contributed by atoms with Crippen LogP contribution in [-0.4, -0.2) is 15.8 Å². The lowest BCUT2D eigenvalue weighted by Crippen LogP contribution is -1.97. The van der Waals surface area contributed by atoms with Crippen LogP contribution in [0.1, 0.15) is 15.9 Å². The lowest BCUT2D eigenvalue weighted by Gasteiger charge is -2.00. The molecule has 2 rings (SSSR count). The Labute approximate surface area is 125 Å². The fraction of sp³-hybridized carbons (Fsp3) is 0. The molecular weight excluding hydrogens is 294 g/mol. The number of phenols is 1. The topological polar surface area (TPSA) is 80.4 Å². The van der Waals surface area contributed by atoms with E-state index in [-0.39, 0.29) is 17.0 Å². The van der Waals surface area contributed by atoms with E-state index in [2.05, 4.69) is 0 Å². The third-order valence-electron chi connectivity index (χ3n) is 2.75. The van der Waals surface area contributed by atoms with Gasteiger partial charge in [-0.25, -0.2) is 0 Å². The Morgan fingerprint density at radius 1 is 1.19 bits per heavy atom. The number of ketones is 1. The lowest BCUT2D eigenvalue weighted by atomic mass is 10.1. The van der Waals surface area contributed by atoms with Crippen molar-refractivity contribution in [2.24, 2.45) is 0 Å². The molecule has 0 bridgehead atoms. The van der Waals surface area contributed by atoms with Crippen molar-refractivity contribution in [3.8, 4) is 5.75 Å². The van der Waals surface area contributed by atoms with E-state index in [9.17, 15) is 20.0 Å². The summed E-state index contributed by atoms with van der Waals surface area (Å²) in [4.78, 5) is 22.0. The van der Waals surface area contributed by atoms with Gasteiger partial charge in [-0.1, -0.05) is 29.8 Å². The summed E-state index contributed by atoms with van der Waals surface area (Å²) in [5, 5.41) is 20.9. The monoisotopic (exact) mass is 303 g/mol. The van der Waals surface area contributed by atoms with Crippen LogP contribution in [0.15, 0.2) is 48.5 Å². The summed E-state index contributed by atoms with van der Waals surface area (Å²) < 4.78 is 0. The number of aromatic hydroxyl groups is 1. The van der Waals surface area contributed by atoms with E-state index in [0.717, 1.165) is 23.8 Å². The molecule has 0 heterocycles. The van der Waals surface area contributed by atoms with E-state index in [0.29, 0.717) is 5.02 Å². The van der Waals surface area contributed by atoms with Crippen LogP contribution in [0.3, 0.4) is 0 Å². The zero-order chi connectivity index (χ0) is 15.4. The van der Waals surface area contributed by atoms with Crippen LogP contribution in [0.2, 0.25) is 5.02 Å². The van der Waals surface area contributed by atoms with Gasteiger partial charge < -0.3 is 5.11 Å². The van der Waals surface area contributed by atoms with Gasteiger partial charge in [-0.3, -0.25) is 14.9 Å². The first kappa shape index (κ1) is 14.7. The van der Waals surface area contributed by atoms with Crippen LogP contribution in [0.25, 0.3) is 6.08 Å². The molecule has 0 atom stereocenters. The number of allylic oxidation sites excluding steroid dienone is 1. The highest BCUT2D eigenvalue weighted by Gasteiger charge is 2.14. The number of hydrogen-bond donors (Lipinski definition) is 1. The van der Waals surface area contributed by atoms with Crippen LogP contribution in [-0.2, 0) is 0 Å². The van der Waals surface area contributed by atoms with Crippen molar-refractivity contribution in [1.29, 1.82) is 0 Å². The summed E-state index contributed by atoms with van der Waals surface area (Å²) >= 11 is 5.75. The number of carbonyl (C=O) groups excluding carboxylic acids is 1. The number of benzene rings is 2. The van der Waals surface area contributed by atoms with Gasteiger partial charge in [0.25, 0.3) is 5.69 Å². The van der Waals surface area contributed by atoms with Gasteiger partial charge in [0, 0.05) is 17.2 Å². The maximum Gasteiger partial charge on any atom is 0.270 e. The highest BCUT2D eigenvalue weighted by atomic mass is 35.5. The van der Waals surface area contributed by atoms with Gasteiger partial charge in [-0.15, -0.1) is 0 Å². The lowest BCUT2D eigenvalue weighted by molar-refractivity contribution is -0.384. The average Bonchev–Trinajstić information content (AvgIpc) is 2.46. The normalized spacial score (nSPS) is 10.7. The van der Waals surface area contributed by atoms with E-state index in [1.54, 1.807) is 24.3 Å². The van der Waals surface area contributed by atoms with Gasteiger partial charge in [-0.2, -0.15) is 0 Å². The number of nitrogens with zero attached hydrogens (tertiary/aromatic N) is 1. The second-order valence-corrected chi connectivity index (χ2v) is 4.64. The highest BCUT2D eigenvalue weighted by Crippen LogP contribution is 2.24. The van der Waals surface area contributed by atoms with Crippen molar-refractivity contribution in [3.05, 3.63) is 74.8 Å². The van der Waals surface area contributed by atoms with Crippen molar-refractivity contribution in [1.82, 2.24) is 0 Å². The predicted octanol–water partition coefficient (Wildman–Crippen LogP) is 3.85. The molecule has 0 saturated heterocycles. The Balaban J connectivity index is 2.25. The molecule has 0 unspecified atom stereocenters. The third-order valence-corrected chi connectivity index (χ3v) is 3.01. The fourth-order valence-corrected chi connectivity index (χ4v) is 1.80. The van der Waals surface area contributed by atoms with E-state index in [1.165, 1.54) is 12.2 Å². The minimum Gasteiger partial charge on any atom is -0.507 e. The first-order valence-electron chi connectivity index (χ1n) is 5.93. The smallest absolute Gasteiger partial charge is 0.270 e. The van der Waals surface area contributed by atoms with Gasteiger partial charge in [0.05, 0.1) is 10.5 Å². The SMILES string of the molecule is O=C(/C=C/c1ccc(Cl)cc1)c1cc([N+](=O)[O-])ccc1O. The van der Waals surface area contributed by atoms with Gasteiger partial charge in [0.2, 0.25) is 0 Å². The van der Waals surface area contributed by atoms with Crippen molar-refractivity contribution in [3.63, 3.8) is 0 Å². The second-order valence-electron chi connectivity index (χ2n) is 4.21. The molecule has 0 amide bonds. The molecule has 1 N–H and O–H groups in total. The number of carbonyl (C=O) groups is 1. The Morgan fingerprint density at radius 3 is 2.48 bits per heavy atom. The van der Waals surface area contributed by atoms with Gasteiger partial charge in [-0.05, 0) is 29.8 Å². The summed E-state index contributed by atoms with van der Waals surface area (Å²) in [5.74, 6) is -0.822. The zero-order valence-electron chi connectivity index (χ0n) is 10.7.